The molecule has 6 nitrogen and oxygen atoms in total. The Bertz CT molecular complexity index is 639. The van der Waals surface area contributed by atoms with Crippen LogP contribution in [0.5, 0.6) is 11.5 Å². The van der Waals surface area contributed by atoms with E-state index >= 15 is 0 Å². The van der Waals surface area contributed by atoms with Gasteiger partial charge in [0.25, 0.3) is 0 Å². The largest absolute Gasteiger partial charge is 0.496 e. The van der Waals surface area contributed by atoms with Gasteiger partial charge < -0.3 is 14.2 Å². The predicted molar refractivity (Wildman–Crippen MR) is 86.0 cm³/mol. The maximum atomic E-state index is 13.0. The fourth-order valence-electron chi connectivity index (χ4n) is 2.50. The van der Waals surface area contributed by atoms with Crippen LogP contribution in [0.2, 0.25) is 0 Å². The molecule has 22 heavy (non-hydrogen) atoms. The number of halogens is 1. The Balaban J connectivity index is 2.48. The van der Waals surface area contributed by atoms with Crippen molar-refractivity contribution in [1.82, 2.24) is 4.31 Å². The molecular formula is C14H20BrNO5S. The average Bonchev–Trinajstić information content (AvgIpc) is 2.45. The lowest BCUT2D eigenvalue weighted by atomic mass is 10.3. The Morgan fingerprint density at radius 2 is 1.68 bits per heavy atom. The summed E-state index contributed by atoms with van der Waals surface area (Å²) in [5.41, 5.74) is 0. The Morgan fingerprint density at radius 1 is 1.14 bits per heavy atom. The number of rotatable bonds is 4. The number of morpholine rings is 1. The average molecular weight is 394 g/mol. The van der Waals surface area contributed by atoms with Gasteiger partial charge in [-0.15, -0.1) is 0 Å². The molecule has 1 fully saturated rings. The van der Waals surface area contributed by atoms with Gasteiger partial charge in [0, 0.05) is 19.2 Å². The fourth-order valence-corrected chi connectivity index (χ4v) is 4.73. The molecule has 0 saturated carbocycles. The van der Waals surface area contributed by atoms with E-state index in [1.807, 2.05) is 13.8 Å². The predicted octanol–water partition coefficient (Wildman–Crippen LogP) is 2.26. The molecule has 1 heterocycles. The van der Waals surface area contributed by atoms with Crippen molar-refractivity contribution in [1.29, 1.82) is 0 Å². The van der Waals surface area contributed by atoms with Crippen LogP contribution < -0.4 is 9.47 Å². The zero-order chi connectivity index (χ0) is 16.5. The third-order valence-electron chi connectivity index (χ3n) is 3.44. The highest BCUT2D eigenvalue weighted by Gasteiger charge is 2.34. The molecule has 1 saturated heterocycles. The Labute approximate surface area is 139 Å². The molecular weight excluding hydrogens is 374 g/mol. The highest BCUT2D eigenvalue weighted by molar-refractivity contribution is 9.10. The van der Waals surface area contributed by atoms with Crippen LogP contribution in [-0.2, 0) is 14.8 Å². The molecule has 2 atom stereocenters. The standard InChI is InChI=1S/C14H20BrNO5S/c1-9-7-16(8-10(2)21-9)22(17,18)14-6-12(19-3)11(15)5-13(14)20-4/h5-6,9-10H,7-8H2,1-4H3. The summed E-state index contributed by atoms with van der Waals surface area (Å²) in [5.74, 6) is 0.716. The lowest BCUT2D eigenvalue weighted by Crippen LogP contribution is -2.48. The van der Waals surface area contributed by atoms with E-state index in [0.717, 1.165) is 0 Å². The Kier molecular flexibility index (Phi) is 5.37. The smallest absolute Gasteiger partial charge is 0.247 e. The highest BCUT2D eigenvalue weighted by atomic mass is 79.9. The summed E-state index contributed by atoms with van der Waals surface area (Å²) in [6, 6.07) is 3.07. The van der Waals surface area contributed by atoms with Crippen LogP contribution in [0.3, 0.4) is 0 Å². The maximum Gasteiger partial charge on any atom is 0.247 e. The van der Waals surface area contributed by atoms with Gasteiger partial charge >= 0.3 is 0 Å². The molecule has 0 amide bonds. The second kappa shape index (κ2) is 6.74. The third-order valence-corrected chi connectivity index (χ3v) is 5.91. The monoisotopic (exact) mass is 393 g/mol. The van der Waals surface area contributed by atoms with Gasteiger partial charge in [-0.05, 0) is 35.8 Å². The summed E-state index contributed by atoms with van der Waals surface area (Å²) < 4.78 is 44.0. The normalized spacial score (nSPS) is 23.3. The summed E-state index contributed by atoms with van der Waals surface area (Å²) in [6.07, 6.45) is -0.302. The van der Waals surface area contributed by atoms with Gasteiger partial charge in [-0.1, -0.05) is 0 Å². The maximum absolute atomic E-state index is 13.0. The second-order valence-electron chi connectivity index (χ2n) is 5.22. The molecule has 1 aliphatic heterocycles. The molecule has 8 heteroatoms. The summed E-state index contributed by atoms with van der Waals surface area (Å²) in [6.45, 7) is 4.34. The summed E-state index contributed by atoms with van der Waals surface area (Å²) in [4.78, 5) is 0.0938. The first kappa shape index (κ1) is 17.5. The topological polar surface area (TPSA) is 65.1 Å². The van der Waals surface area contributed by atoms with Crippen LogP contribution in [0.4, 0.5) is 0 Å². The molecule has 0 spiro atoms. The van der Waals surface area contributed by atoms with E-state index in [1.54, 1.807) is 6.07 Å². The Hall–Kier alpha value is -0.830. The van der Waals surface area contributed by atoms with Crippen molar-refractivity contribution in [2.24, 2.45) is 0 Å². The van der Waals surface area contributed by atoms with Crippen LogP contribution in [-0.4, -0.2) is 52.2 Å². The minimum Gasteiger partial charge on any atom is -0.496 e. The van der Waals surface area contributed by atoms with Gasteiger partial charge in [-0.25, -0.2) is 8.42 Å². The summed E-state index contributed by atoms with van der Waals surface area (Å²) in [5, 5.41) is 0. The molecule has 0 radical (unpaired) electrons. The van der Waals surface area contributed by atoms with E-state index in [9.17, 15) is 8.42 Å². The van der Waals surface area contributed by atoms with E-state index in [4.69, 9.17) is 14.2 Å². The summed E-state index contributed by atoms with van der Waals surface area (Å²) in [7, 11) is -0.762. The number of sulfonamides is 1. The van der Waals surface area contributed by atoms with E-state index < -0.39 is 10.0 Å². The van der Waals surface area contributed by atoms with Crippen LogP contribution in [0.1, 0.15) is 13.8 Å². The molecule has 1 aliphatic rings. The van der Waals surface area contributed by atoms with Crippen LogP contribution in [0.25, 0.3) is 0 Å². The first-order valence-corrected chi connectivity index (χ1v) is 9.10. The number of nitrogens with zero attached hydrogens (tertiary/aromatic N) is 1. The highest BCUT2D eigenvalue weighted by Crippen LogP contribution is 2.37. The molecule has 2 rings (SSSR count). The van der Waals surface area contributed by atoms with Gasteiger partial charge in [0.05, 0.1) is 30.9 Å². The van der Waals surface area contributed by atoms with Crippen molar-refractivity contribution in [3.8, 4) is 11.5 Å². The first-order chi connectivity index (χ1) is 10.3. The minimum atomic E-state index is -3.69. The SMILES string of the molecule is COc1cc(S(=O)(=O)N2CC(C)OC(C)C2)c(OC)cc1Br. The second-order valence-corrected chi connectivity index (χ2v) is 7.98. The number of methoxy groups -OCH3 is 2. The molecule has 0 N–H and O–H groups in total. The van der Waals surface area contributed by atoms with Gasteiger partial charge in [0.2, 0.25) is 10.0 Å². The van der Waals surface area contributed by atoms with Crippen LogP contribution >= 0.6 is 15.9 Å². The number of benzene rings is 1. The lowest BCUT2D eigenvalue weighted by molar-refractivity contribution is -0.0441. The van der Waals surface area contributed by atoms with Gasteiger partial charge in [-0.2, -0.15) is 4.31 Å². The minimum absolute atomic E-state index is 0.0938. The van der Waals surface area contributed by atoms with Crippen molar-refractivity contribution in [2.45, 2.75) is 31.0 Å². The zero-order valence-corrected chi connectivity index (χ0v) is 15.4. The van der Waals surface area contributed by atoms with Gasteiger partial charge in [-0.3, -0.25) is 0 Å². The molecule has 124 valence electrons. The number of hydrogen-bond donors (Lipinski definition) is 0. The van der Waals surface area contributed by atoms with Gasteiger partial charge in [0.15, 0.2) is 0 Å². The van der Waals surface area contributed by atoms with Crippen molar-refractivity contribution in [2.75, 3.05) is 27.3 Å². The molecule has 1 aromatic rings. The lowest BCUT2D eigenvalue weighted by Gasteiger charge is -2.34. The molecule has 0 bridgehead atoms. The van der Waals surface area contributed by atoms with Crippen molar-refractivity contribution >= 4 is 26.0 Å². The molecule has 0 aliphatic carbocycles. The van der Waals surface area contributed by atoms with E-state index in [0.29, 0.717) is 23.3 Å². The number of ether oxygens (including phenoxy) is 3. The summed E-state index contributed by atoms with van der Waals surface area (Å²) >= 11 is 3.33. The van der Waals surface area contributed by atoms with Crippen LogP contribution in [0.15, 0.2) is 21.5 Å². The van der Waals surface area contributed by atoms with E-state index in [2.05, 4.69) is 15.9 Å². The molecule has 0 aromatic heterocycles. The quantitative estimate of drug-likeness (QED) is 0.784. The molecule has 1 aromatic carbocycles. The van der Waals surface area contributed by atoms with Crippen molar-refractivity contribution in [3.05, 3.63) is 16.6 Å². The molecule has 2 unspecified atom stereocenters. The van der Waals surface area contributed by atoms with Gasteiger partial charge in [0.1, 0.15) is 16.4 Å². The zero-order valence-electron chi connectivity index (χ0n) is 13.0. The Morgan fingerprint density at radius 3 is 2.18 bits per heavy atom. The van der Waals surface area contributed by atoms with Crippen molar-refractivity contribution < 1.29 is 22.6 Å². The van der Waals surface area contributed by atoms with Crippen molar-refractivity contribution in [3.63, 3.8) is 0 Å². The van der Waals surface area contributed by atoms with E-state index in [-0.39, 0.29) is 22.9 Å². The third kappa shape index (κ3) is 3.40. The van der Waals surface area contributed by atoms with Crippen LogP contribution in [0, 0.1) is 0 Å². The first-order valence-electron chi connectivity index (χ1n) is 6.86. The fraction of sp³-hybridized carbons (Fsp3) is 0.571. The van der Waals surface area contributed by atoms with E-state index in [1.165, 1.54) is 24.6 Å². The number of hydrogen-bond acceptors (Lipinski definition) is 5.